The van der Waals surface area contributed by atoms with Crippen LogP contribution in [0.4, 0.5) is 0 Å². The van der Waals surface area contributed by atoms with Crippen LogP contribution in [0.15, 0.2) is 9.98 Å². The monoisotopic (exact) mass is 809 g/mol. The number of nitrogens with two attached hydrogens (primary N) is 6. The zero-order valence-corrected chi connectivity index (χ0v) is 33.1. The molecule has 2 heterocycles. The lowest BCUT2D eigenvalue weighted by molar-refractivity contribution is -0.151. The largest absolute Gasteiger partial charge is 0.480 e. The molecule has 0 unspecified atom stereocenters. The molecule has 0 aliphatic carbocycles. The van der Waals surface area contributed by atoms with E-state index in [-0.39, 0.29) is 63.8 Å². The average molecular weight is 809 g/mol. The minimum Gasteiger partial charge on any atom is -0.480 e. The van der Waals surface area contributed by atoms with Crippen LogP contribution in [0.2, 0.25) is 0 Å². The minimum absolute atomic E-state index is 0.0521. The van der Waals surface area contributed by atoms with Crippen LogP contribution in [-0.2, 0) is 33.6 Å². The number of carboxylic acids is 1. The van der Waals surface area contributed by atoms with Gasteiger partial charge in [0.05, 0.1) is 12.6 Å². The van der Waals surface area contributed by atoms with Crippen molar-refractivity contribution >= 4 is 53.3 Å². The lowest BCUT2D eigenvalue weighted by Gasteiger charge is -2.30. The highest BCUT2D eigenvalue weighted by molar-refractivity contribution is 5.96. The van der Waals surface area contributed by atoms with Gasteiger partial charge < -0.3 is 70.6 Å². The van der Waals surface area contributed by atoms with Gasteiger partial charge in [-0.2, -0.15) is 0 Å². The molecular weight excluding hydrogens is 744 g/mol. The summed E-state index contributed by atoms with van der Waals surface area (Å²) in [5.74, 6) is -5.41. The van der Waals surface area contributed by atoms with Crippen molar-refractivity contribution in [3.8, 4) is 0 Å². The second kappa shape index (κ2) is 24.4. The number of unbranched alkanes of at least 4 members (excludes halogenated alkanes) is 1. The number of hydrogen-bond donors (Lipinski definition) is 11. The lowest BCUT2D eigenvalue weighted by Crippen LogP contribution is -2.59. The third-order valence-electron chi connectivity index (χ3n) is 9.80. The molecular formula is C35H64N14O8. The summed E-state index contributed by atoms with van der Waals surface area (Å²) < 4.78 is 0. The van der Waals surface area contributed by atoms with Crippen LogP contribution in [0.5, 0.6) is 0 Å². The molecule has 57 heavy (non-hydrogen) atoms. The van der Waals surface area contributed by atoms with E-state index in [2.05, 4.69) is 31.3 Å². The first-order valence-electron chi connectivity index (χ1n) is 19.6. The fourth-order valence-electron chi connectivity index (χ4n) is 6.70. The van der Waals surface area contributed by atoms with E-state index in [1.54, 1.807) is 13.8 Å². The summed E-state index contributed by atoms with van der Waals surface area (Å²) in [6, 6.07) is -6.14. The number of likely N-dealkylation sites (tertiary alicyclic amines) is 2. The summed E-state index contributed by atoms with van der Waals surface area (Å²) in [6.45, 7) is 4.21. The SMILES string of the molecule is CC(C)[C@H](NC(=O)[C@H](CCCCN)NC(=O)[C@@H](N)CCCN=C(N)N)C(=O)N[C@@H](CCCN=C(N)N)C(=O)NCC(=O)N1CCC[C@H]1C(=O)N1CCC[C@H]1C(=O)O. The van der Waals surface area contributed by atoms with E-state index in [9.17, 15) is 38.7 Å². The molecule has 0 spiro atoms. The Labute approximate surface area is 333 Å². The molecule has 2 aliphatic heterocycles. The van der Waals surface area contributed by atoms with Crippen molar-refractivity contribution < 1.29 is 38.7 Å². The fourth-order valence-corrected chi connectivity index (χ4v) is 6.70. The maximum absolute atomic E-state index is 13.8. The van der Waals surface area contributed by atoms with Crippen LogP contribution in [0.1, 0.15) is 84.5 Å². The fraction of sp³-hybridized carbons (Fsp3) is 0.743. The normalized spacial score (nSPS) is 18.5. The van der Waals surface area contributed by atoms with Crippen LogP contribution in [0.3, 0.4) is 0 Å². The standard InChI is InChI=1S/C35H64N14O8/c1-20(2)27(47-30(53)23(10-3-4-14-36)45-28(51)21(37)9-5-15-42-34(38)39)31(54)46-22(11-6-16-43-35(40)41)29(52)44-19-26(50)48-17-7-12-24(48)32(55)49-18-8-13-25(49)33(56)57/h20-25,27H,3-19,36-37H2,1-2H3,(H,44,52)(H,45,51)(H,46,54)(H,47,53)(H,56,57)(H4,38,39,42)(H4,40,41,43)/t21-,22-,23-,24-,25-,27-/m0/s1. The average Bonchev–Trinajstić information content (AvgIpc) is 3.86. The quantitative estimate of drug-likeness (QED) is 0.0251. The molecule has 2 saturated heterocycles. The molecule has 6 amide bonds. The minimum atomic E-state index is -1.19. The van der Waals surface area contributed by atoms with Crippen LogP contribution in [-0.4, -0.2) is 144 Å². The van der Waals surface area contributed by atoms with E-state index in [1.165, 1.54) is 9.80 Å². The number of guanidine groups is 2. The number of carbonyl (C=O) groups excluding carboxylic acids is 6. The van der Waals surface area contributed by atoms with Gasteiger partial charge in [-0.1, -0.05) is 13.8 Å². The van der Waals surface area contributed by atoms with E-state index in [0.717, 1.165) is 0 Å². The molecule has 2 fully saturated rings. The number of carbonyl (C=O) groups is 7. The van der Waals surface area contributed by atoms with Crippen molar-refractivity contribution in [3.05, 3.63) is 0 Å². The summed E-state index contributed by atoms with van der Waals surface area (Å²) in [5, 5.41) is 20.2. The molecule has 22 nitrogen and oxygen atoms in total. The molecule has 0 saturated carbocycles. The predicted molar refractivity (Wildman–Crippen MR) is 211 cm³/mol. The van der Waals surface area contributed by atoms with E-state index >= 15 is 0 Å². The summed E-state index contributed by atoms with van der Waals surface area (Å²) in [6.07, 6.45) is 4.03. The van der Waals surface area contributed by atoms with Gasteiger partial charge >= 0.3 is 5.97 Å². The summed E-state index contributed by atoms with van der Waals surface area (Å²) in [7, 11) is 0. The Morgan fingerprint density at radius 2 is 1.25 bits per heavy atom. The van der Waals surface area contributed by atoms with Gasteiger partial charge in [0.1, 0.15) is 30.2 Å². The van der Waals surface area contributed by atoms with Gasteiger partial charge in [-0.15, -0.1) is 0 Å². The molecule has 0 aromatic heterocycles. The number of nitrogens with one attached hydrogen (secondary N) is 4. The smallest absolute Gasteiger partial charge is 0.326 e. The van der Waals surface area contributed by atoms with Crippen molar-refractivity contribution in [2.75, 3.05) is 39.3 Å². The second-order valence-corrected chi connectivity index (χ2v) is 14.6. The Hall–Kier alpha value is -5.25. The van der Waals surface area contributed by atoms with E-state index in [4.69, 9.17) is 34.4 Å². The van der Waals surface area contributed by atoms with Crippen molar-refractivity contribution in [3.63, 3.8) is 0 Å². The molecule has 0 radical (unpaired) electrons. The first-order valence-corrected chi connectivity index (χ1v) is 19.6. The lowest BCUT2D eigenvalue weighted by atomic mass is 10.0. The number of hydrogen-bond acceptors (Lipinski definition) is 11. The Morgan fingerprint density at radius 3 is 1.82 bits per heavy atom. The third kappa shape index (κ3) is 16.0. The Kier molecular flexibility index (Phi) is 20.5. The molecule has 2 aliphatic rings. The maximum atomic E-state index is 13.8. The highest BCUT2D eigenvalue weighted by Crippen LogP contribution is 2.25. The van der Waals surface area contributed by atoms with Crippen molar-refractivity contribution in [2.45, 2.75) is 121 Å². The molecule has 6 atom stereocenters. The van der Waals surface area contributed by atoms with Crippen LogP contribution in [0.25, 0.3) is 0 Å². The van der Waals surface area contributed by atoms with Gasteiger partial charge in [0.2, 0.25) is 35.4 Å². The number of nitrogens with zero attached hydrogens (tertiary/aromatic N) is 4. The van der Waals surface area contributed by atoms with E-state index in [1.807, 2.05) is 0 Å². The molecule has 0 aromatic rings. The number of aliphatic imine (C=N–C) groups is 2. The summed E-state index contributed by atoms with van der Waals surface area (Å²) >= 11 is 0. The Bertz CT molecular complexity index is 1450. The first-order chi connectivity index (χ1) is 27.0. The highest BCUT2D eigenvalue weighted by Gasteiger charge is 2.42. The van der Waals surface area contributed by atoms with Gasteiger partial charge in [0, 0.05) is 26.2 Å². The molecule has 2 rings (SSSR count). The Balaban J connectivity index is 2.15. The molecule has 17 N–H and O–H groups in total. The van der Waals surface area contributed by atoms with E-state index in [0.29, 0.717) is 51.5 Å². The van der Waals surface area contributed by atoms with Crippen molar-refractivity contribution in [1.82, 2.24) is 31.1 Å². The van der Waals surface area contributed by atoms with Crippen molar-refractivity contribution in [2.24, 2.45) is 50.3 Å². The predicted octanol–water partition coefficient (Wildman–Crippen LogP) is -4.16. The number of amides is 6. The first kappa shape index (κ1) is 47.9. The second-order valence-electron chi connectivity index (χ2n) is 14.6. The number of carboxylic acid groups (broad SMARTS) is 1. The molecule has 322 valence electrons. The third-order valence-corrected chi connectivity index (χ3v) is 9.80. The Morgan fingerprint density at radius 1 is 0.702 bits per heavy atom. The van der Waals surface area contributed by atoms with E-state index < -0.39 is 90.1 Å². The van der Waals surface area contributed by atoms with Gasteiger partial charge in [0.25, 0.3) is 0 Å². The van der Waals surface area contributed by atoms with Gasteiger partial charge in [-0.25, -0.2) is 4.79 Å². The van der Waals surface area contributed by atoms with Gasteiger partial charge in [0.15, 0.2) is 11.9 Å². The highest BCUT2D eigenvalue weighted by atomic mass is 16.4. The van der Waals surface area contributed by atoms with Crippen LogP contribution >= 0.6 is 0 Å². The maximum Gasteiger partial charge on any atom is 0.326 e. The van der Waals surface area contributed by atoms with Gasteiger partial charge in [-0.3, -0.25) is 38.8 Å². The summed E-state index contributed by atoms with van der Waals surface area (Å²) in [5.41, 5.74) is 33.3. The zero-order valence-electron chi connectivity index (χ0n) is 33.1. The van der Waals surface area contributed by atoms with Crippen LogP contribution in [0, 0.1) is 5.92 Å². The zero-order chi connectivity index (χ0) is 42.7. The molecule has 0 bridgehead atoms. The molecule has 22 heteroatoms. The number of aliphatic carboxylic acids is 1. The molecule has 0 aromatic carbocycles. The van der Waals surface area contributed by atoms with Crippen LogP contribution < -0.4 is 55.7 Å². The van der Waals surface area contributed by atoms with Gasteiger partial charge in [-0.05, 0) is 83.1 Å². The van der Waals surface area contributed by atoms with Crippen molar-refractivity contribution in [1.29, 1.82) is 0 Å². The number of rotatable bonds is 24. The summed E-state index contributed by atoms with van der Waals surface area (Å²) in [4.78, 5) is 103. The topological polar surface area (TPSA) is 375 Å².